The Balaban J connectivity index is 1.64. The third-order valence-corrected chi connectivity index (χ3v) is 4.20. The van der Waals surface area contributed by atoms with E-state index in [9.17, 15) is 9.90 Å². The molecular weight excluding hydrogens is 258 g/mol. The first-order valence-corrected chi connectivity index (χ1v) is 7.20. The van der Waals surface area contributed by atoms with Crippen LogP contribution in [0.1, 0.15) is 21.5 Å². The van der Waals surface area contributed by atoms with Gasteiger partial charge in [-0.3, -0.25) is 4.79 Å². The van der Waals surface area contributed by atoms with Gasteiger partial charge in [0, 0.05) is 30.3 Å². The van der Waals surface area contributed by atoms with Gasteiger partial charge in [-0.25, -0.2) is 0 Å². The third-order valence-electron chi connectivity index (χ3n) is 3.52. The van der Waals surface area contributed by atoms with Crippen LogP contribution in [0.15, 0.2) is 41.1 Å². The minimum Gasteiger partial charge on any atom is -0.387 e. The van der Waals surface area contributed by atoms with E-state index >= 15 is 0 Å². The van der Waals surface area contributed by atoms with Crippen LogP contribution in [-0.4, -0.2) is 23.2 Å². The summed E-state index contributed by atoms with van der Waals surface area (Å²) in [4.78, 5) is 11.9. The largest absolute Gasteiger partial charge is 0.387 e. The SMILES string of the molecule is O=C(NCC1(O)Cc2ccccc2C1)c1ccsc1. The number of benzene rings is 1. The Morgan fingerprint density at radius 3 is 2.53 bits per heavy atom. The Kier molecular flexibility index (Phi) is 3.12. The minimum absolute atomic E-state index is 0.120. The zero-order valence-corrected chi connectivity index (χ0v) is 11.2. The van der Waals surface area contributed by atoms with E-state index in [1.807, 2.05) is 35.0 Å². The maximum absolute atomic E-state index is 11.9. The molecule has 1 aliphatic rings. The Bertz CT molecular complexity index is 567. The number of carbonyl (C=O) groups excluding carboxylic acids is 1. The van der Waals surface area contributed by atoms with Gasteiger partial charge in [0.2, 0.25) is 0 Å². The van der Waals surface area contributed by atoms with E-state index in [1.54, 1.807) is 6.07 Å². The molecule has 0 fully saturated rings. The number of carbonyl (C=O) groups is 1. The third kappa shape index (κ3) is 2.55. The second-order valence-corrected chi connectivity index (χ2v) is 5.82. The van der Waals surface area contributed by atoms with E-state index in [1.165, 1.54) is 22.5 Å². The quantitative estimate of drug-likeness (QED) is 0.898. The van der Waals surface area contributed by atoms with Gasteiger partial charge in [-0.15, -0.1) is 0 Å². The number of rotatable bonds is 3. The molecule has 1 amide bonds. The number of thiophene rings is 1. The first kappa shape index (κ1) is 12.4. The lowest BCUT2D eigenvalue weighted by Gasteiger charge is -2.22. The number of hydrogen-bond acceptors (Lipinski definition) is 3. The molecular formula is C15H15NO2S. The number of amides is 1. The fraction of sp³-hybridized carbons (Fsp3) is 0.267. The van der Waals surface area contributed by atoms with Crippen LogP contribution < -0.4 is 5.32 Å². The van der Waals surface area contributed by atoms with Gasteiger partial charge < -0.3 is 10.4 Å². The van der Waals surface area contributed by atoms with Gasteiger partial charge in [0.25, 0.3) is 5.91 Å². The van der Waals surface area contributed by atoms with Crippen molar-refractivity contribution in [2.24, 2.45) is 0 Å². The minimum atomic E-state index is -0.852. The highest BCUT2D eigenvalue weighted by Gasteiger charge is 2.35. The highest BCUT2D eigenvalue weighted by molar-refractivity contribution is 7.08. The molecule has 1 aromatic heterocycles. The van der Waals surface area contributed by atoms with E-state index in [2.05, 4.69) is 5.32 Å². The van der Waals surface area contributed by atoms with Crippen LogP contribution in [0.4, 0.5) is 0 Å². The normalized spacial score (nSPS) is 16.1. The zero-order valence-electron chi connectivity index (χ0n) is 10.4. The average molecular weight is 273 g/mol. The summed E-state index contributed by atoms with van der Waals surface area (Å²) < 4.78 is 0. The molecule has 0 unspecified atom stereocenters. The predicted octanol–water partition coefficient (Wildman–Crippen LogP) is 2.01. The molecule has 0 saturated carbocycles. The van der Waals surface area contributed by atoms with Crippen molar-refractivity contribution in [3.05, 3.63) is 57.8 Å². The summed E-state index contributed by atoms with van der Waals surface area (Å²) in [7, 11) is 0. The van der Waals surface area contributed by atoms with Gasteiger partial charge in [-0.05, 0) is 22.6 Å². The highest BCUT2D eigenvalue weighted by atomic mass is 32.1. The van der Waals surface area contributed by atoms with Crippen molar-refractivity contribution in [2.45, 2.75) is 18.4 Å². The summed E-state index contributed by atoms with van der Waals surface area (Å²) in [6.45, 7) is 0.288. The molecule has 0 aliphatic heterocycles. The standard InChI is InChI=1S/C15H15NO2S/c17-14(13-5-6-19-9-13)16-10-15(18)7-11-3-1-2-4-12(11)8-15/h1-6,9,18H,7-8,10H2,(H,16,17). The summed E-state index contributed by atoms with van der Waals surface area (Å²) in [6, 6.07) is 9.82. The fourth-order valence-electron chi connectivity index (χ4n) is 2.54. The zero-order chi connectivity index (χ0) is 13.3. The van der Waals surface area contributed by atoms with Crippen LogP contribution >= 0.6 is 11.3 Å². The van der Waals surface area contributed by atoms with Crippen LogP contribution in [0.5, 0.6) is 0 Å². The summed E-state index contributed by atoms with van der Waals surface area (Å²) in [6.07, 6.45) is 1.21. The van der Waals surface area contributed by atoms with Gasteiger partial charge in [0.05, 0.1) is 5.60 Å². The monoisotopic (exact) mass is 273 g/mol. The molecule has 0 radical (unpaired) electrons. The highest BCUT2D eigenvalue weighted by Crippen LogP contribution is 2.29. The maximum atomic E-state index is 11.9. The molecule has 1 heterocycles. The molecule has 19 heavy (non-hydrogen) atoms. The molecule has 0 bridgehead atoms. The van der Waals surface area contributed by atoms with Crippen molar-refractivity contribution in [3.8, 4) is 0 Å². The Morgan fingerprint density at radius 2 is 1.95 bits per heavy atom. The van der Waals surface area contributed by atoms with Crippen LogP contribution in [-0.2, 0) is 12.8 Å². The molecule has 4 heteroatoms. The number of hydrogen-bond donors (Lipinski definition) is 2. The second kappa shape index (κ2) is 4.79. The maximum Gasteiger partial charge on any atom is 0.252 e. The molecule has 1 aromatic carbocycles. The second-order valence-electron chi connectivity index (χ2n) is 5.04. The molecule has 2 N–H and O–H groups in total. The van der Waals surface area contributed by atoms with Crippen LogP contribution in [0, 0.1) is 0 Å². The van der Waals surface area contributed by atoms with Crippen LogP contribution in [0.3, 0.4) is 0 Å². The molecule has 2 aromatic rings. The van der Waals surface area contributed by atoms with E-state index in [4.69, 9.17) is 0 Å². The summed E-state index contributed by atoms with van der Waals surface area (Å²) >= 11 is 1.49. The lowest BCUT2D eigenvalue weighted by molar-refractivity contribution is 0.0480. The molecule has 1 aliphatic carbocycles. The van der Waals surface area contributed by atoms with Crippen molar-refractivity contribution in [3.63, 3.8) is 0 Å². The number of nitrogens with one attached hydrogen (secondary N) is 1. The smallest absolute Gasteiger partial charge is 0.252 e. The van der Waals surface area contributed by atoms with Crippen molar-refractivity contribution < 1.29 is 9.90 Å². The lowest BCUT2D eigenvalue weighted by atomic mass is 10.0. The first-order chi connectivity index (χ1) is 9.16. The fourth-order valence-corrected chi connectivity index (χ4v) is 3.18. The molecule has 3 nitrogen and oxygen atoms in total. The van der Waals surface area contributed by atoms with E-state index in [-0.39, 0.29) is 12.5 Å². The molecule has 0 saturated heterocycles. The predicted molar refractivity (Wildman–Crippen MR) is 75.5 cm³/mol. The van der Waals surface area contributed by atoms with Crippen molar-refractivity contribution in [1.29, 1.82) is 0 Å². The Labute approximate surface area is 115 Å². The topological polar surface area (TPSA) is 49.3 Å². The van der Waals surface area contributed by atoms with Crippen molar-refractivity contribution in [2.75, 3.05) is 6.54 Å². The van der Waals surface area contributed by atoms with E-state index in [0.717, 1.165) is 0 Å². The summed E-state index contributed by atoms with van der Waals surface area (Å²) in [5.74, 6) is -0.120. The van der Waals surface area contributed by atoms with Crippen molar-refractivity contribution >= 4 is 17.2 Å². The number of aliphatic hydroxyl groups is 1. The van der Waals surface area contributed by atoms with Crippen LogP contribution in [0.25, 0.3) is 0 Å². The summed E-state index contributed by atoms with van der Waals surface area (Å²) in [5, 5.41) is 17.0. The molecule has 3 rings (SSSR count). The Hall–Kier alpha value is -1.65. The van der Waals surface area contributed by atoms with E-state index in [0.29, 0.717) is 18.4 Å². The number of fused-ring (bicyclic) bond motifs is 1. The lowest BCUT2D eigenvalue weighted by Crippen LogP contribution is -2.43. The molecule has 0 atom stereocenters. The van der Waals surface area contributed by atoms with Crippen LogP contribution in [0.2, 0.25) is 0 Å². The first-order valence-electron chi connectivity index (χ1n) is 6.26. The van der Waals surface area contributed by atoms with Gasteiger partial charge in [0.15, 0.2) is 0 Å². The Morgan fingerprint density at radius 1 is 1.26 bits per heavy atom. The van der Waals surface area contributed by atoms with E-state index < -0.39 is 5.60 Å². The van der Waals surface area contributed by atoms with Gasteiger partial charge in [-0.2, -0.15) is 11.3 Å². The van der Waals surface area contributed by atoms with Crippen molar-refractivity contribution in [1.82, 2.24) is 5.32 Å². The van der Waals surface area contributed by atoms with Gasteiger partial charge in [0.1, 0.15) is 0 Å². The summed E-state index contributed by atoms with van der Waals surface area (Å²) in [5.41, 5.74) is 2.16. The molecule has 98 valence electrons. The average Bonchev–Trinajstić information content (AvgIpc) is 3.02. The van der Waals surface area contributed by atoms with Gasteiger partial charge >= 0.3 is 0 Å². The van der Waals surface area contributed by atoms with Gasteiger partial charge in [-0.1, -0.05) is 24.3 Å². The molecule has 0 spiro atoms.